The van der Waals surface area contributed by atoms with E-state index in [0.717, 1.165) is 0 Å². The second-order valence-corrected chi connectivity index (χ2v) is 7.00. The first kappa shape index (κ1) is 18.9. The Balaban J connectivity index is 4.57. The molecule has 0 rings (SSSR count). The maximum Gasteiger partial charge on any atom is 0.407 e. The summed E-state index contributed by atoms with van der Waals surface area (Å²) in [7, 11) is 1.59. The van der Waals surface area contributed by atoms with Gasteiger partial charge in [0.05, 0.1) is 0 Å². The van der Waals surface area contributed by atoms with Crippen LogP contribution < -0.4 is 5.32 Å². The minimum Gasteiger partial charge on any atom is -0.444 e. The largest absolute Gasteiger partial charge is 0.444 e. The van der Waals surface area contributed by atoms with Crippen LogP contribution in [0.4, 0.5) is 4.79 Å². The number of ether oxygens (including phenoxy) is 2. The number of carbonyl (C=O) groups is 2. The van der Waals surface area contributed by atoms with E-state index in [1.165, 1.54) is 0 Å². The van der Waals surface area contributed by atoms with Gasteiger partial charge in [0, 0.05) is 31.6 Å². The summed E-state index contributed by atoms with van der Waals surface area (Å²) >= 11 is 0. The van der Waals surface area contributed by atoms with Crippen molar-refractivity contribution in [3.63, 3.8) is 0 Å². The van der Waals surface area contributed by atoms with Crippen molar-refractivity contribution in [2.24, 2.45) is 5.41 Å². The summed E-state index contributed by atoms with van der Waals surface area (Å²) in [6.07, 6.45) is 0.365. The van der Waals surface area contributed by atoms with Crippen molar-refractivity contribution in [1.82, 2.24) is 5.32 Å². The Hall–Kier alpha value is -1.10. The lowest BCUT2D eigenvalue weighted by Crippen LogP contribution is -2.42. The first-order valence-corrected chi connectivity index (χ1v) is 6.97. The summed E-state index contributed by atoms with van der Waals surface area (Å²) in [5, 5.41) is 2.75. The molecule has 0 bridgehead atoms. The Labute approximate surface area is 122 Å². The van der Waals surface area contributed by atoms with Gasteiger partial charge in [-0.3, -0.25) is 4.79 Å². The zero-order chi connectivity index (χ0) is 16.0. The number of amides is 1. The quantitative estimate of drug-likeness (QED) is 0.815. The van der Waals surface area contributed by atoms with E-state index < -0.39 is 17.1 Å². The molecule has 0 aliphatic carbocycles. The molecule has 0 aromatic rings. The molecule has 1 amide bonds. The fourth-order valence-electron chi connectivity index (χ4n) is 1.49. The van der Waals surface area contributed by atoms with E-state index in [1.54, 1.807) is 27.9 Å². The van der Waals surface area contributed by atoms with Gasteiger partial charge in [-0.15, -0.1) is 0 Å². The predicted molar refractivity (Wildman–Crippen MR) is 78.7 cm³/mol. The molecule has 0 saturated carbocycles. The van der Waals surface area contributed by atoms with Crippen molar-refractivity contribution < 1.29 is 19.1 Å². The number of alkyl carbamates (subject to hydrolysis) is 1. The summed E-state index contributed by atoms with van der Waals surface area (Å²) in [5.41, 5.74) is -0.967. The average Bonchev–Trinajstić information content (AvgIpc) is 2.21. The zero-order valence-electron chi connectivity index (χ0n) is 13.8. The summed E-state index contributed by atoms with van der Waals surface area (Å²) in [5.74, 6) is 0.106. The van der Waals surface area contributed by atoms with E-state index in [-0.39, 0.29) is 18.2 Å². The van der Waals surface area contributed by atoms with Crippen LogP contribution in [0.1, 0.15) is 54.4 Å². The molecule has 1 N–H and O–H groups in total. The molecular formula is C15H29NO4. The topological polar surface area (TPSA) is 64.6 Å². The minimum absolute atomic E-state index is 0.106. The highest BCUT2D eigenvalue weighted by atomic mass is 16.6. The van der Waals surface area contributed by atoms with E-state index in [4.69, 9.17) is 9.47 Å². The second kappa shape index (κ2) is 7.62. The Morgan fingerprint density at radius 1 is 1.10 bits per heavy atom. The Morgan fingerprint density at radius 2 is 1.65 bits per heavy atom. The third-order valence-corrected chi connectivity index (χ3v) is 2.66. The molecule has 0 spiro atoms. The number of carbonyl (C=O) groups excluding carboxylic acids is 2. The number of hydrogen-bond acceptors (Lipinski definition) is 4. The Kier molecular flexibility index (Phi) is 7.20. The molecule has 0 aromatic carbocycles. The first-order chi connectivity index (χ1) is 8.95. The molecule has 0 fully saturated rings. The number of methoxy groups -OCH3 is 1. The second-order valence-electron chi connectivity index (χ2n) is 7.00. The standard InChI is InChI=1S/C15H29NO4/c1-14(2,3)12(17)10-11(8-9-19-7)16-13(18)20-15(4,5)6/h11H,8-10H2,1-7H3,(H,16,18). The highest BCUT2D eigenvalue weighted by Gasteiger charge is 2.26. The maximum atomic E-state index is 12.1. The van der Waals surface area contributed by atoms with E-state index >= 15 is 0 Å². The molecule has 1 unspecified atom stereocenters. The Bertz CT molecular complexity index is 326. The van der Waals surface area contributed by atoms with Crippen LogP contribution in [0.15, 0.2) is 0 Å². The van der Waals surface area contributed by atoms with Gasteiger partial charge in [-0.25, -0.2) is 4.79 Å². The molecule has 0 radical (unpaired) electrons. The van der Waals surface area contributed by atoms with Crippen molar-refractivity contribution in [1.29, 1.82) is 0 Å². The van der Waals surface area contributed by atoms with Crippen molar-refractivity contribution in [2.45, 2.75) is 66.0 Å². The monoisotopic (exact) mass is 287 g/mol. The summed E-state index contributed by atoms with van der Waals surface area (Å²) in [6, 6.07) is -0.267. The van der Waals surface area contributed by atoms with Crippen molar-refractivity contribution in [3.8, 4) is 0 Å². The van der Waals surface area contributed by atoms with E-state index in [2.05, 4.69) is 5.32 Å². The highest BCUT2D eigenvalue weighted by Crippen LogP contribution is 2.19. The molecule has 1 atom stereocenters. The van der Waals surface area contributed by atoms with E-state index in [9.17, 15) is 9.59 Å². The van der Waals surface area contributed by atoms with Gasteiger partial charge in [-0.05, 0) is 27.2 Å². The van der Waals surface area contributed by atoms with Gasteiger partial charge in [0.1, 0.15) is 11.4 Å². The zero-order valence-corrected chi connectivity index (χ0v) is 13.8. The molecule has 20 heavy (non-hydrogen) atoms. The third kappa shape index (κ3) is 8.91. The first-order valence-electron chi connectivity index (χ1n) is 6.97. The van der Waals surface area contributed by atoms with Gasteiger partial charge in [-0.2, -0.15) is 0 Å². The predicted octanol–water partition coefficient (Wildman–Crippen LogP) is 2.92. The SMILES string of the molecule is COCCC(CC(=O)C(C)(C)C)NC(=O)OC(C)(C)C. The van der Waals surface area contributed by atoms with Crippen LogP contribution in [-0.2, 0) is 14.3 Å². The van der Waals surface area contributed by atoms with Crippen LogP contribution in [-0.4, -0.2) is 37.2 Å². The molecule has 0 heterocycles. The smallest absolute Gasteiger partial charge is 0.407 e. The van der Waals surface area contributed by atoms with Gasteiger partial charge in [0.2, 0.25) is 0 Å². The molecule has 118 valence electrons. The lowest BCUT2D eigenvalue weighted by atomic mass is 9.86. The Morgan fingerprint density at radius 3 is 2.05 bits per heavy atom. The van der Waals surface area contributed by atoms with Crippen LogP contribution in [0.3, 0.4) is 0 Å². The van der Waals surface area contributed by atoms with E-state index in [0.29, 0.717) is 13.0 Å². The molecule has 5 nitrogen and oxygen atoms in total. The number of Topliss-reactive ketones (excluding diaryl/α,β-unsaturated/α-hetero) is 1. The highest BCUT2D eigenvalue weighted by molar-refractivity contribution is 5.84. The molecule has 0 aromatic heterocycles. The summed E-state index contributed by atoms with van der Waals surface area (Å²) in [4.78, 5) is 23.8. The fourth-order valence-corrected chi connectivity index (χ4v) is 1.49. The maximum absolute atomic E-state index is 12.1. The van der Waals surface area contributed by atoms with Crippen LogP contribution in [0.25, 0.3) is 0 Å². The summed E-state index contributed by atoms with van der Waals surface area (Å²) < 4.78 is 10.2. The van der Waals surface area contributed by atoms with E-state index in [1.807, 2.05) is 20.8 Å². The van der Waals surface area contributed by atoms with Crippen molar-refractivity contribution in [3.05, 3.63) is 0 Å². The molecule has 5 heteroatoms. The normalized spacial score (nSPS) is 13.8. The summed E-state index contributed by atoms with van der Waals surface area (Å²) in [6.45, 7) is 11.5. The molecule has 0 aliphatic rings. The van der Waals surface area contributed by atoms with Gasteiger partial charge >= 0.3 is 6.09 Å². The molecule has 0 saturated heterocycles. The molecular weight excluding hydrogens is 258 g/mol. The van der Waals surface area contributed by atoms with Crippen molar-refractivity contribution in [2.75, 3.05) is 13.7 Å². The third-order valence-electron chi connectivity index (χ3n) is 2.66. The van der Waals surface area contributed by atoms with Gasteiger partial charge in [0.15, 0.2) is 0 Å². The molecule has 0 aliphatic heterocycles. The van der Waals surface area contributed by atoms with Crippen LogP contribution in [0.5, 0.6) is 0 Å². The lowest BCUT2D eigenvalue weighted by Gasteiger charge is -2.25. The van der Waals surface area contributed by atoms with Crippen LogP contribution in [0, 0.1) is 5.41 Å². The number of ketones is 1. The van der Waals surface area contributed by atoms with Gasteiger partial charge in [-0.1, -0.05) is 20.8 Å². The van der Waals surface area contributed by atoms with Crippen LogP contribution in [0.2, 0.25) is 0 Å². The number of hydrogen-bond donors (Lipinski definition) is 1. The number of rotatable bonds is 6. The lowest BCUT2D eigenvalue weighted by molar-refractivity contribution is -0.126. The van der Waals surface area contributed by atoms with Crippen LogP contribution >= 0.6 is 0 Å². The van der Waals surface area contributed by atoms with Gasteiger partial charge in [0.25, 0.3) is 0 Å². The minimum atomic E-state index is -0.552. The average molecular weight is 287 g/mol. The van der Waals surface area contributed by atoms with Crippen molar-refractivity contribution >= 4 is 11.9 Å². The fraction of sp³-hybridized carbons (Fsp3) is 0.867. The van der Waals surface area contributed by atoms with Gasteiger partial charge < -0.3 is 14.8 Å². The number of nitrogens with one attached hydrogen (secondary N) is 1.